The van der Waals surface area contributed by atoms with E-state index in [0.717, 1.165) is 48.9 Å². The molecule has 0 bridgehead atoms. The third kappa shape index (κ3) is 5.97. The normalized spacial score (nSPS) is 16.1. The molecule has 1 aliphatic heterocycles. The Balaban J connectivity index is 1.31. The first-order valence-electron chi connectivity index (χ1n) is 13.3. The standard InChI is InChI=1S/C32H31N3O5/c1-21-20-33-35-27(19-23(6-5-10-29(21)35)28-9-2-3-11-30(28)36)17-14-22-12-15-26(16-13-22)34-31(37)24-7-4-8-25(18-24)32(38)40-39/h2-4,7-9,11-13,15-16,18-20,23,36,39H,5-6,10,14,17H2,1H3,(H,34,37)/b27-19-. The minimum absolute atomic E-state index is 0.0780. The number of aryl methyl sites for hydroxylation is 2. The Kier molecular flexibility index (Phi) is 8.07. The summed E-state index contributed by atoms with van der Waals surface area (Å²) in [6, 6.07) is 21.1. The molecule has 1 atom stereocenters. The molecule has 0 saturated heterocycles. The smallest absolute Gasteiger partial charge is 0.372 e. The van der Waals surface area contributed by atoms with Gasteiger partial charge in [0.15, 0.2) is 0 Å². The fraction of sp³-hybridized carbons (Fsp3) is 0.219. The molecule has 0 radical (unpaired) electrons. The quantitative estimate of drug-likeness (QED) is 0.186. The van der Waals surface area contributed by atoms with Crippen LogP contribution in [0.3, 0.4) is 0 Å². The van der Waals surface area contributed by atoms with Gasteiger partial charge in [-0.05, 0) is 86.6 Å². The minimum atomic E-state index is -0.928. The third-order valence-corrected chi connectivity index (χ3v) is 7.33. The van der Waals surface area contributed by atoms with Gasteiger partial charge in [-0.25, -0.2) is 9.48 Å². The van der Waals surface area contributed by atoms with Gasteiger partial charge in [0.2, 0.25) is 0 Å². The molecule has 0 fully saturated rings. The number of amides is 1. The number of benzene rings is 3. The maximum absolute atomic E-state index is 12.7. The first-order valence-corrected chi connectivity index (χ1v) is 13.3. The van der Waals surface area contributed by atoms with E-state index in [1.165, 1.54) is 23.4 Å². The highest BCUT2D eigenvalue weighted by atomic mass is 17.1. The number of anilines is 1. The van der Waals surface area contributed by atoms with Crippen LogP contribution in [0.15, 0.2) is 85.1 Å². The van der Waals surface area contributed by atoms with Gasteiger partial charge in [-0.1, -0.05) is 42.5 Å². The van der Waals surface area contributed by atoms with Crippen molar-refractivity contribution < 1.29 is 24.8 Å². The number of hydrogen-bond acceptors (Lipinski definition) is 6. The molecule has 204 valence electrons. The van der Waals surface area contributed by atoms with Crippen molar-refractivity contribution >= 4 is 23.3 Å². The Hall–Kier alpha value is -4.69. The average molecular weight is 538 g/mol. The number of allylic oxidation sites excluding steroid dienone is 2. The molecule has 0 aliphatic carbocycles. The Bertz CT molecular complexity index is 1560. The van der Waals surface area contributed by atoms with E-state index in [0.29, 0.717) is 11.4 Å². The molecule has 0 spiro atoms. The van der Waals surface area contributed by atoms with E-state index in [1.807, 2.05) is 48.7 Å². The van der Waals surface area contributed by atoms with Crippen LogP contribution >= 0.6 is 0 Å². The lowest BCUT2D eigenvalue weighted by molar-refractivity contribution is -0.182. The lowest BCUT2D eigenvalue weighted by Crippen LogP contribution is -2.13. The van der Waals surface area contributed by atoms with Crippen molar-refractivity contribution in [1.29, 1.82) is 0 Å². The largest absolute Gasteiger partial charge is 0.508 e. The Morgan fingerprint density at radius 1 is 1.02 bits per heavy atom. The van der Waals surface area contributed by atoms with E-state index in [4.69, 9.17) is 10.4 Å². The topological polar surface area (TPSA) is 114 Å². The minimum Gasteiger partial charge on any atom is -0.508 e. The van der Waals surface area contributed by atoms with Crippen LogP contribution in [0.1, 0.15) is 68.3 Å². The number of rotatable bonds is 7. The zero-order valence-corrected chi connectivity index (χ0v) is 22.2. The predicted molar refractivity (Wildman–Crippen MR) is 152 cm³/mol. The molecule has 1 unspecified atom stereocenters. The Labute approximate surface area is 232 Å². The summed E-state index contributed by atoms with van der Waals surface area (Å²) in [6.45, 7) is 2.10. The van der Waals surface area contributed by atoms with Gasteiger partial charge in [0.05, 0.1) is 11.8 Å². The van der Waals surface area contributed by atoms with Crippen LogP contribution < -0.4 is 5.32 Å². The molecule has 8 nitrogen and oxygen atoms in total. The van der Waals surface area contributed by atoms with Gasteiger partial charge in [0.25, 0.3) is 5.91 Å². The van der Waals surface area contributed by atoms with Crippen LogP contribution in [0, 0.1) is 6.92 Å². The van der Waals surface area contributed by atoms with Crippen LogP contribution in [0.2, 0.25) is 0 Å². The molecule has 1 aromatic heterocycles. The first kappa shape index (κ1) is 26.9. The van der Waals surface area contributed by atoms with E-state index in [2.05, 4.69) is 27.9 Å². The Morgan fingerprint density at radius 3 is 2.58 bits per heavy atom. The first-order chi connectivity index (χ1) is 19.4. The monoisotopic (exact) mass is 537 g/mol. The number of nitrogens with zero attached hydrogens (tertiary/aromatic N) is 2. The molecule has 40 heavy (non-hydrogen) atoms. The van der Waals surface area contributed by atoms with Gasteiger partial charge in [-0.15, -0.1) is 0 Å². The molecule has 8 heteroatoms. The summed E-state index contributed by atoms with van der Waals surface area (Å²) in [6.07, 6.45) is 8.60. The molecule has 0 saturated carbocycles. The number of aromatic nitrogens is 2. The predicted octanol–water partition coefficient (Wildman–Crippen LogP) is 6.37. The van der Waals surface area contributed by atoms with Crippen molar-refractivity contribution in [1.82, 2.24) is 9.78 Å². The molecule has 2 heterocycles. The summed E-state index contributed by atoms with van der Waals surface area (Å²) in [7, 11) is 0. The van der Waals surface area contributed by atoms with Crippen LogP contribution in [0.5, 0.6) is 5.75 Å². The summed E-state index contributed by atoms with van der Waals surface area (Å²) >= 11 is 0. The van der Waals surface area contributed by atoms with Crippen molar-refractivity contribution in [3.8, 4) is 5.75 Å². The zero-order valence-electron chi connectivity index (χ0n) is 22.2. The molecule has 5 rings (SSSR count). The summed E-state index contributed by atoms with van der Waals surface area (Å²) < 4.78 is 2.07. The number of carbonyl (C=O) groups is 2. The lowest BCUT2D eigenvalue weighted by atomic mass is 9.89. The number of carbonyl (C=O) groups excluding carboxylic acids is 2. The van der Waals surface area contributed by atoms with Crippen molar-refractivity contribution in [2.24, 2.45) is 0 Å². The third-order valence-electron chi connectivity index (χ3n) is 7.33. The number of aromatic hydroxyl groups is 1. The zero-order chi connectivity index (χ0) is 28.1. The second-order valence-corrected chi connectivity index (χ2v) is 10.0. The van der Waals surface area contributed by atoms with Crippen molar-refractivity contribution in [3.05, 3.63) is 119 Å². The van der Waals surface area contributed by atoms with Gasteiger partial charge >= 0.3 is 5.97 Å². The van der Waals surface area contributed by atoms with Crippen LogP contribution in [-0.4, -0.2) is 32.0 Å². The van der Waals surface area contributed by atoms with E-state index >= 15 is 0 Å². The van der Waals surface area contributed by atoms with Crippen molar-refractivity contribution in [2.45, 2.75) is 44.9 Å². The van der Waals surface area contributed by atoms with Gasteiger partial charge in [0.1, 0.15) is 5.75 Å². The number of nitrogens with one attached hydrogen (secondary N) is 1. The summed E-state index contributed by atoms with van der Waals surface area (Å²) in [5.41, 5.74) is 6.54. The van der Waals surface area contributed by atoms with Gasteiger partial charge in [-0.3, -0.25) is 9.68 Å². The molecule has 4 aromatic rings. The van der Waals surface area contributed by atoms with E-state index < -0.39 is 5.97 Å². The molecule has 1 aliphatic rings. The second kappa shape index (κ2) is 12.0. The maximum Gasteiger partial charge on any atom is 0.372 e. The van der Waals surface area contributed by atoms with Gasteiger partial charge in [-0.2, -0.15) is 10.4 Å². The summed E-state index contributed by atoms with van der Waals surface area (Å²) in [4.78, 5) is 28.0. The molecular formula is C32H31N3O5. The number of phenolic OH excluding ortho intramolecular Hbond substituents is 1. The number of hydrogen-bond donors (Lipinski definition) is 3. The van der Waals surface area contributed by atoms with Crippen molar-refractivity contribution in [2.75, 3.05) is 5.32 Å². The van der Waals surface area contributed by atoms with E-state index in [1.54, 1.807) is 18.2 Å². The van der Waals surface area contributed by atoms with Crippen LogP contribution in [0.25, 0.3) is 5.70 Å². The highest BCUT2D eigenvalue weighted by Gasteiger charge is 2.20. The van der Waals surface area contributed by atoms with Gasteiger partial charge in [0, 0.05) is 34.1 Å². The van der Waals surface area contributed by atoms with Crippen LogP contribution in [0.4, 0.5) is 5.69 Å². The number of phenols is 1. The second-order valence-electron chi connectivity index (χ2n) is 10.0. The molecule has 1 amide bonds. The van der Waals surface area contributed by atoms with E-state index in [9.17, 15) is 14.7 Å². The molecule has 3 N–H and O–H groups in total. The van der Waals surface area contributed by atoms with Gasteiger partial charge < -0.3 is 10.4 Å². The average Bonchev–Trinajstić information content (AvgIpc) is 3.32. The fourth-order valence-corrected chi connectivity index (χ4v) is 5.19. The molecular weight excluding hydrogens is 506 g/mol. The fourth-order valence-electron chi connectivity index (χ4n) is 5.19. The highest BCUT2D eigenvalue weighted by Crippen LogP contribution is 2.35. The van der Waals surface area contributed by atoms with Crippen molar-refractivity contribution in [3.63, 3.8) is 0 Å². The molecule has 3 aromatic carbocycles. The summed E-state index contributed by atoms with van der Waals surface area (Å²) in [5.74, 6) is -0.887. The highest BCUT2D eigenvalue weighted by molar-refractivity contribution is 6.05. The Morgan fingerprint density at radius 2 is 1.80 bits per heavy atom. The van der Waals surface area contributed by atoms with Crippen LogP contribution in [-0.2, 0) is 17.7 Å². The lowest BCUT2D eigenvalue weighted by Gasteiger charge is -2.22. The SMILES string of the molecule is Cc1cnn2c1CCCC(c1ccccc1O)/C=C\2CCc1ccc(NC(=O)c2cccc(C(=O)OO)c2)cc1. The number of para-hydroxylation sites is 1. The summed E-state index contributed by atoms with van der Waals surface area (Å²) in [5, 5.41) is 26.6. The number of fused-ring (bicyclic) bond motifs is 1. The van der Waals surface area contributed by atoms with E-state index in [-0.39, 0.29) is 23.0 Å². The maximum atomic E-state index is 12.7.